The highest BCUT2D eigenvalue weighted by Crippen LogP contribution is 2.34. The highest BCUT2D eigenvalue weighted by molar-refractivity contribution is 9.10. The number of carbonyl (C=O) groups is 2. The van der Waals surface area contributed by atoms with Crippen LogP contribution < -0.4 is 15.0 Å². The smallest absolute Gasteiger partial charge is 0.265 e. The topological polar surface area (TPSA) is 71.8 Å². The Bertz CT molecular complexity index is 997. The Labute approximate surface area is 164 Å². The monoisotopic (exact) mass is 428 g/mol. The second-order valence-electron chi connectivity index (χ2n) is 6.36. The lowest BCUT2D eigenvalue weighted by atomic mass is 10.2. The molecule has 1 aliphatic heterocycles. The third-order valence-electron chi connectivity index (χ3n) is 4.42. The summed E-state index contributed by atoms with van der Waals surface area (Å²) >= 11 is 3.38. The number of hydrogen-bond acceptors (Lipinski definition) is 4. The standard InChI is InChI=1S/C20H17BrN2O4/c1-12(17-8-13-4-2-3-5-16(13)27-17)22-19(24)10-23-15-7-6-14(21)9-18(15)26-11-20(23)25/h2-9,12H,10-11H2,1H3,(H,22,24)/t12-/m0/s1. The number of hydrogen-bond donors (Lipinski definition) is 1. The molecule has 7 heteroatoms. The third-order valence-corrected chi connectivity index (χ3v) is 4.91. The van der Waals surface area contributed by atoms with Gasteiger partial charge in [0.1, 0.15) is 23.6 Å². The molecular formula is C20H17BrN2O4. The molecule has 1 aromatic heterocycles. The zero-order chi connectivity index (χ0) is 19.0. The number of halogens is 1. The summed E-state index contributed by atoms with van der Waals surface area (Å²) < 4.78 is 12.1. The Kier molecular flexibility index (Phi) is 4.61. The Morgan fingerprint density at radius 1 is 1.26 bits per heavy atom. The van der Waals surface area contributed by atoms with Gasteiger partial charge in [0, 0.05) is 9.86 Å². The van der Waals surface area contributed by atoms with Crippen molar-refractivity contribution in [3.05, 3.63) is 58.8 Å². The molecule has 1 aliphatic rings. The molecule has 27 heavy (non-hydrogen) atoms. The molecule has 0 saturated heterocycles. The second-order valence-corrected chi connectivity index (χ2v) is 7.27. The Morgan fingerprint density at radius 3 is 2.89 bits per heavy atom. The van der Waals surface area contributed by atoms with Gasteiger partial charge in [0.2, 0.25) is 5.91 Å². The molecule has 1 N–H and O–H groups in total. The van der Waals surface area contributed by atoms with E-state index in [2.05, 4.69) is 21.2 Å². The first-order valence-electron chi connectivity index (χ1n) is 8.52. The molecule has 2 amide bonds. The van der Waals surface area contributed by atoms with Gasteiger partial charge in [-0.15, -0.1) is 0 Å². The number of para-hydroxylation sites is 1. The summed E-state index contributed by atoms with van der Waals surface area (Å²) in [5, 5.41) is 3.87. The number of rotatable bonds is 4. The predicted octanol–water partition coefficient (Wildman–Crippen LogP) is 3.80. The van der Waals surface area contributed by atoms with E-state index in [0.717, 1.165) is 15.4 Å². The first kappa shape index (κ1) is 17.6. The normalized spacial score (nSPS) is 14.6. The average molecular weight is 429 g/mol. The molecule has 4 rings (SSSR count). The minimum Gasteiger partial charge on any atom is -0.482 e. The quantitative estimate of drug-likeness (QED) is 0.685. The van der Waals surface area contributed by atoms with E-state index in [4.69, 9.17) is 9.15 Å². The lowest BCUT2D eigenvalue weighted by Crippen LogP contribution is -2.45. The van der Waals surface area contributed by atoms with E-state index in [9.17, 15) is 9.59 Å². The largest absolute Gasteiger partial charge is 0.482 e. The number of anilines is 1. The lowest BCUT2D eigenvalue weighted by Gasteiger charge is -2.29. The molecule has 1 atom stereocenters. The minimum absolute atomic E-state index is 0.0820. The van der Waals surface area contributed by atoms with Crippen molar-refractivity contribution >= 4 is 44.4 Å². The van der Waals surface area contributed by atoms with Gasteiger partial charge in [0.05, 0.1) is 11.7 Å². The van der Waals surface area contributed by atoms with Crippen LogP contribution in [0, 0.1) is 0 Å². The van der Waals surface area contributed by atoms with Crippen LogP contribution in [0.2, 0.25) is 0 Å². The summed E-state index contributed by atoms with van der Waals surface area (Å²) in [7, 11) is 0. The summed E-state index contributed by atoms with van der Waals surface area (Å²) in [5.74, 6) is 0.715. The third kappa shape index (κ3) is 3.55. The number of nitrogens with one attached hydrogen (secondary N) is 1. The van der Waals surface area contributed by atoms with Crippen molar-refractivity contribution in [1.82, 2.24) is 5.32 Å². The van der Waals surface area contributed by atoms with E-state index in [1.165, 1.54) is 4.90 Å². The molecule has 3 aromatic rings. The van der Waals surface area contributed by atoms with Crippen molar-refractivity contribution in [3.8, 4) is 5.75 Å². The fourth-order valence-electron chi connectivity index (χ4n) is 3.07. The molecule has 138 valence electrons. The molecule has 2 heterocycles. The van der Waals surface area contributed by atoms with Gasteiger partial charge in [-0.25, -0.2) is 0 Å². The van der Waals surface area contributed by atoms with Crippen molar-refractivity contribution in [2.24, 2.45) is 0 Å². The highest BCUT2D eigenvalue weighted by Gasteiger charge is 2.28. The van der Waals surface area contributed by atoms with Gasteiger partial charge in [0.15, 0.2) is 6.61 Å². The molecule has 0 spiro atoms. The summed E-state index contributed by atoms with van der Waals surface area (Å²) in [4.78, 5) is 26.2. The second kappa shape index (κ2) is 7.08. The van der Waals surface area contributed by atoms with Gasteiger partial charge in [-0.1, -0.05) is 34.1 Å². The summed E-state index contributed by atoms with van der Waals surface area (Å²) in [6.07, 6.45) is 0. The number of carbonyl (C=O) groups excluding carboxylic acids is 2. The van der Waals surface area contributed by atoms with E-state index in [1.54, 1.807) is 12.1 Å². The van der Waals surface area contributed by atoms with Crippen LogP contribution in [0.5, 0.6) is 5.75 Å². The molecular weight excluding hydrogens is 412 g/mol. The number of furan rings is 1. The van der Waals surface area contributed by atoms with Gasteiger partial charge < -0.3 is 14.5 Å². The van der Waals surface area contributed by atoms with Crippen LogP contribution >= 0.6 is 15.9 Å². The van der Waals surface area contributed by atoms with Gasteiger partial charge >= 0.3 is 0 Å². The minimum atomic E-state index is -0.314. The van der Waals surface area contributed by atoms with Crippen molar-refractivity contribution in [2.45, 2.75) is 13.0 Å². The number of nitrogens with zero attached hydrogens (tertiary/aromatic N) is 1. The Hall–Kier alpha value is -2.80. The number of benzene rings is 2. The zero-order valence-electron chi connectivity index (χ0n) is 14.6. The fraction of sp³-hybridized carbons (Fsp3) is 0.200. The highest BCUT2D eigenvalue weighted by atomic mass is 79.9. The van der Waals surface area contributed by atoms with Crippen molar-refractivity contribution < 1.29 is 18.7 Å². The predicted molar refractivity (Wildman–Crippen MR) is 105 cm³/mol. The Morgan fingerprint density at radius 2 is 2.07 bits per heavy atom. The molecule has 0 unspecified atom stereocenters. The number of fused-ring (bicyclic) bond motifs is 2. The molecule has 0 saturated carbocycles. The Balaban J connectivity index is 1.48. The maximum atomic E-state index is 12.5. The van der Waals surface area contributed by atoms with Crippen LogP contribution in [0.1, 0.15) is 18.7 Å². The van der Waals surface area contributed by atoms with E-state index in [1.807, 2.05) is 43.3 Å². The molecule has 0 bridgehead atoms. The summed E-state index contributed by atoms with van der Waals surface area (Å²) in [6, 6.07) is 14.6. The first-order valence-corrected chi connectivity index (χ1v) is 9.31. The van der Waals surface area contributed by atoms with Gasteiger partial charge in [-0.05, 0) is 37.3 Å². The van der Waals surface area contributed by atoms with E-state index >= 15 is 0 Å². The summed E-state index contributed by atoms with van der Waals surface area (Å²) in [5.41, 5.74) is 1.36. The van der Waals surface area contributed by atoms with E-state index < -0.39 is 0 Å². The van der Waals surface area contributed by atoms with Gasteiger partial charge in [-0.2, -0.15) is 0 Å². The maximum Gasteiger partial charge on any atom is 0.265 e. The molecule has 0 radical (unpaired) electrons. The van der Waals surface area contributed by atoms with Crippen LogP contribution in [-0.2, 0) is 9.59 Å². The van der Waals surface area contributed by atoms with Crippen molar-refractivity contribution in [3.63, 3.8) is 0 Å². The lowest BCUT2D eigenvalue weighted by molar-refractivity contribution is -0.125. The van der Waals surface area contributed by atoms with Crippen molar-refractivity contribution in [2.75, 3.05) is 18.1 Å². The molecule has 0 aliphatic carbocycles. The van der Waals surface area contributed by atoms with Crippen LogP contribution in [0.4, 0.5) is 5.69 Å². The van der Waals surface area contributed by atoms with Crippen molar-refractivity contribution in [1.29, 1.82) is 0 Å². The van der Waals surface area contributed by atoms with Crippen LogP contribution in [0.25, 0.3) is 11.0 Å². The fourth-order valence-corrected chi connectivity index (χ4v) is 3.41. The molecule has 2 aromatic carbocycles. The first-order chi connectivity index (χ1) is 13.0. The van der Waals surface area contributed by atoms with E-state index in [0.29, 0.717) is 17.2 Å². The van der Waals surface area contributed by atoms with Gasteiger partial charge in [-0.3, -0.25) is 14.5 Å². The SMILES string of the molecule is C[C@H](NC(=O)CN1C(=O)COc2cc(Br)ccc21)c1cc2ccccc2o1. The van der Waals surface area contributed by atoms with Crippen LogP contribution in [-0.4, -0.2) is 25.0 Å². The van der Waals surface area contributed by atoms with Crippen LogP contribution in [0.3, 0.4) is 0 Å². The number of ether oxygens (including phenoxy) is 1. The van der Waals surface area contributed by atoms with Gasteiger partial charge in [0.25, 0.3) is 5.91 Å². The van der Waals surface area contributed by atoms with Crippen LogP contribution in [0.15, 0.2) is 57.4 Å². The zero-order valence-corrected chi connectivity index (χ0v) is 16.2. The van der Waals surface area contributed by atoms with E-state index in [-0.39, 0.29) is 31.0 Å². The molecule has 0 fully saturated rings. The number of amides is 2. The molecule has 6 nitrogen and oxygen atoms in total. The maximum absolute atomic E-state index is 12.5. The average Bonchev–Trinajstić information content (AvgIpc) is 3.08. The summed E-state index contributed by atoms with van der Waals surface area (Å²) in [6.45, 7) is 1.68.